The minimum atomic E-state index is 0.152. The molecular formula is C23H28N4O. The second-order valence-corrected chi connectivity index (χ2v) is 7.61. The molecule has 0 bridgehead atoms. The topological polar surface area (TPSA) is 54.0 Å². The molecule has 28 heavy (non-hydrogen) atoms. The maximum atomic E-state index is 6.53. The molecule has 0 saturated carbocycles. The molecule has 0 amide bonds. The second-order valence-electron chi connectivity index (χ2n) is 7.61. The number of ether oxygens (including phenoxy) is 1. The van der Waals surface area contributed by atoms with Gasteiger partial charge in [0.25, 0.3) is 0 Å². The van der Waals surface area contributed by atoms with Crippen molar-refractivity contribution in [2.45, 2.75) is 52.0 Å². The Balaban J connectivity index is 1.56. The summed E-state index contributed by atoms with van der Waals surface area (Å²) in [6, 6.07) is 17.4. The zero-order chi connectivity index (χ0) is 19.3. The van der Waals surface area contributed by atoms with Crippen LogP contribution in [0.3, 0.4) is 0 Å². The van der Waals surface area contributed by atoms with Crippen molar-refractivity contribution >= 4 is 0 Å². The van der Waals surface area contributed by atoms with Gasteiger partial charge in [-0.1, -0.05) is 48.5 Å². The van der Waals surface area contributed by atoms with E-state index in [1.165, 1.54) is 22.3 Å². The number of hydrogen-bond acceptors (Lipinski definition) is 4. The van der Waals surface area contributed by atoms with Crippen LogP contribution >= 0.6 is 0 Å². The Kier molecular flexibility index (Phi) is 5.84. The van der Waals surface area contributed by atoms with Gasteiger partial charge in [0.05, 0.1) is 25.3 Å². The Morgan fingerprint density at radius 3 is 2.75 bits per heavy atom. The lowest BCUT2D eigenvalue weighted by Crippen LogP contribution is -2.42. The number of piperidine rings is 1. The minimum absolute atomic E-state index is 0.152. The fourth-order valence-electron chi connectivity index (χ4n) is 4.12. The van der Waals surface area contributed by atoms with Gasteiger partial charge >= 0.3 is 0 Å². The summed E-state index contributed by atoms with van der Waals surface area (Å²) in [4.78, 5) is 6.79. The van der Waals surface area contributed by atoms with E-state index in [1.807, 2.05) is 0 Å². The molecule has 2 atom stereocenters. The van der Waals surface area contributed by atoms with Crippen molar-refractivity contribution < 1.29 is 4.74 Å². The van der Waals surface area contributed by atoms with Crippen molar-refractivity contribution in [3.05, 3.63) is 82.9 Å². The molecule has 5 nitrogen and oxygen atoms in total. The second kappa shape index (κ2) is 8.67. The molecule has 0 aliphatic carbocycles. The number of nitrogens with zero attached hydrogens (tertiary/aromatic N) is 3. The van der Waals surface area contributed by atoms with Crippen LogP contribution in [0, 0.1) is 13.8 Å². The molecule has 3 aromatic rings. The normalized spacial score (nSPS) is 20.4. The first-order valence-corrected chi connectivity index (χ1v) is 10.0. The molecule has 2 heterocycles. The molecule has 146 valence electrons. The molecule has 1 aliphatic heterocycles. The summed E-state index contributed by atoms with van der Waals surface area (Å²) in [5, 5.41) is 7.00. The van der Waals surface area contributed by atoms with Gasteiger partial charge in [-0.2, -0.15) is 5.10 Å². The number of benzene rings is 2. The van der Waals surface area contributed by atoms with Crippen LogP contribution in [0.15, 0.2) is 54.9 Å². The lowest BCUT2D eigenvalue weighted by atomic mass is 9.92. The quantitative estimate of drug-likeness (QED) is 0.695. The van der Waals surface area contributed by atoms with E-state index in [0.717, 1.165) is 31.8 Å². The number of nitrogens with one attached hydrogen (secondary N) is 1. The SMILES string of the molecule is Cc1cccc(CO[C@H]2CCCN(Cc3ncn[nH]3)[C@H]2c2ccccc2)c1C. The van der Waals surface area contributed by atoms with Gasteiger partial charge in [0.15, 0.2) is 0 Å². The summed E-state index contributed by atoms with van der Waals surface area (Å²) in [6.07, 6.45) is 3.91. The molecule has 1 aromatic heterocycles. The molecule has 0 spiro atoms. The van der Waals surface area contributed by atoms with Gasteiger partial charge in [0, 0.05) is 0 Å². The summed E-state index contributed by atoms with van der Waals surface area (Å²) < 4.78 is 6.53. The molecule has 4 rings (SSSR count). The Labute approximate surface area is 166 Å². The third kappa shape index (κ3) is 4.16. The molecule has 0 radical (unpaired) electrons. The average Bonchev–Trinajstić information content (AvgIpc) is 3.23. The highest BCUT2D eigenvalue weighted by Gasteiger charge is 2.33. The van der Waals surface area contributed by atoms with Gasteiger partial charge in [-0.05, 0) is 55.5 Å². The molecule has 1 N–H and O–H groups in total. The van der Waals surface area contributed by atoms with E-state index in [9.17, 15) is 0 Å². The molecule has 1 fully saturated rings. The lowest BCUT2D eigenvalue weighted by molar-refractivity contribution is -0.0561. The van der Waals surface area contributed by atoms with E-state index in [1.54, 1.807) is 6.33 Å². The Morgan fingerprint density at radius 2 is 1.96 bits per heavy atom. The van der Waals surface area contributed by atoms with Crippen LogP contribution in [-0.2, 0) is 17.9 Å². The highest BCUT2D eigenvalue weighted by molar-refractivity contribution is 5.32. The molecule has 1 aliphatic rings. The first kappa shape index (κ1) is 18.8. The van der Waals surface area contributed by atoms with Gasteiger partial charge in [-0.3, -0.25) is 10.00 Å². The van der Waals surface area contributed by atoms with Gasteiger partial charge in [0.2, 0.25) is 0 Å². The van der Waals surface area contributed by atoms with Crippen LogP contribution in [0.4, 0.5) is 0 Å². The van der Waals surface area contributed by atoms with Crippen LogP contribution in [0.2, 0.25) is 0 Å². The smallest absolute Gasteiger partial charge is 0.138 e. The standard InChI is InChI=1S/C23H28N4O/c1-17-8-6-11-20(18(17)2)15-28-21-12-7-13-27(14-22-24-16-25-26-22)23(21)19-9-4-3-5-10-19/h3-6,8-11,16,21,23H,7,12-15H2,1-2H3,(H,24,25,26)/t21-,23-/m0/s1. The lowest BCUT2D eigenvalue weighted by Gasteiger charge is -2.41. The fraction of sp³-hybridized carbons (Fsp3) is 0.391. The summed E-state index contributed by atoms with van der Waals surface area (Å²) in [6.45, 7) is 6.77. The highest BCUT2D eigenvalue weighted by Crippen LogP contribution is 2.34. The number of aryl methyl sites for hydroxylation is 1. The number of aromatic amines is 1. The molecular weight excluding hydrogens is 348 g/mol. The van der Waals surface area contributed by atoms with Crippen LogP contribution in [0.1, 0.15) is 47.0 Å². The Morgan fingerprint density at radius 1 is 1.11 bits per heavy atom. The van der Waals surface area contributed by atoms with Crippen molar-refractivity contribution in [2.24, 2.45) is 0 Å². The van der Waals surface area contributed by atoms with Crippen molar-refractivity contribution in [3.8, 4) is 0 Å². The van der Waals surface area contributed by atoms with Crippen LogP contribution in [0.25, 0.3) is 0 Å². The maximum absolute atomic E-state index is 6.53. The largest absolute Gasteiger partial charge is 0.372 e. The van der Waals surface area contributed by atoms with Crippen molar-refractivity contribution in [1.82, 2.24) is 20.1 Å². The summed E-state index contributed by atoms with van der Waals surface area (Å²) in [5.74, 6) is 0.899. The number of hydrogen-bond donors (Lipinski definition) is 1. The van der Waals surface area contributed by atoms with Gasteiger partial charge < -0.3 is 4.74 Å². The molecule has 2 aromatic carbocycles. The van der Waals surface area contributed by atoms with Gasteiger partial charge in [-0.15, -0.1) is 0 Å². The Hall–Kier alpha value is -2.50. The Bertz CT molecular complexity index is 879. The third-order valence-corrected chi connectivity index (χ3v) is 5.81. The van der Waals surface area contributed by atoms with Gasteiger partial charge in [-0.25, -0.2) is 4.98 Å². The first-order chi connectivity index (χ1) is 13.7. The third-order valence-electron chi connectivity index (χ3n) is 5.81. The van der Waals surface area contributed by atoms with Crippen LogP contribution in [-0.4, -0.2) is 32.7 Å². The monoisotopic (exact) mass is 376 g/mol. The summed E-state index contributed by atoms with van der Waals surface area (Å²) in [7, 11) is 0. The van der Waals surface area contributed by atoms with E-state index >= 15 is 0 Å². The van der Waals surface area contributed by atoms with Crippen LogP contribution < -0.4 is 0 Å². The zero-order valence-electron chi connectivity index (χ0n) is 16.6. The van der Waals surface area contributed by atoms with Crippen LogP contribution in [0.5, 0.6) is 0 Å². The van der Waals surface area contributed by atoms with E-state index in [4.69, 9.17) is 4.74 Å². The van der Waals surface area contributed by atoms with E-state index in [-0.39, 0.29) is 12.1 Å². The average molecular weight is 377 g/mol. The highest BCUT2D eigenvalue weighted by atomic mass is 16.5. The summed E-state index contributed by atoms with van der Waals surface area (Å²) >= 11 is 0. The number of aromatic nitrogens is 3. The minimum Gasteiger partial charge on any atom is -0.372 e. The van der Waals surface area contributed by atoms with Crippen molar-refractivity contribution in [1.29, 1.82) is 0 Å². The zero-order valence-corrected chi connectivity index (χ0v) is 16.6. The predicted octanol–water partition coefficient (Wildman–Crippen LogP) is 4.34. The first-order valence-electron chi connectivity index (χ1n) is 10.0. The molecule has 0 unspecified atom stereocenters. The number of likely N-dealkylation sites (tertiary alicyclic amines) is 1. The van der Waals surface area contributed by atoms with E-state index in [0.29, 0.717) is 6.61 Å². The molecule has 5 heteroatoms. The number of H-pyrrole nitrogens is 1. The van der Waals surface area contributed by atoms with E-state index < -0.39 is 0 Å². The van der Waals surface area contributed by atoms with Crippen molar-refractivity contribution in [3.63, 3.8) is 0 Å². The number of rotatable bonds is 6. The van der Waals surface area contributed by atoms with Gasteiger partial charge in [0.1, 0.15) is 12.2 Å². The summed E-state index contributed by atoms with van der Waals surface area (Å²) in [5.41, 5.74) is 5.22. The fourth-order valence-corrected chi connectivity index (χ4v) is 4.12. The predicted molar refractivity (Wildman–Crippen MR) is 110 cm³/mol. The molecule has 1 saturated heterocycles. The maximum Gasteiger partial charge on any atom is 0.138 e. The van der Waals surface area contributed by atoms with Crippen molar-refractivity contribution in [2.75, 3.05) is 6.54 Å². The van der Waals surface area contributed by atoms with E-state index in [2.05, 4.69) is 82.5 Å².